The Hall–Kier alpha value is -3.20. The van der Waals surface area contributed by atoms with Crippen LogP contribution in [0.15, 0.2) is 42.5 Å². The molecule has 9 heteroatoms. The number of hydrogen-bond donors (Lipinski definition) is 2. The van der Waals surface area contributed by atoms with Crippen LogP contribution in [0.5, 0.6) is 11.5 Å². The highest BCUT2D eigenvalue weighted by atomic mass is 32.1. The van der Waals surface area contributed by atoms with Crippen LogP contribution >= 0.6 is 12.2 Å². The first-order valence-corrected chi connectivity index (χ1v) is 7.44. The predicted molar refractivity (Wildman–Crippen MR) is 96.3 cm³/mol. The highest BCUT2D eigenvalue weighted by molar-refractivity contribution is 7.80. The van der Waals surface area contributed by atoms with Crippen molar-refractivity contribution in [3.05, 3.63) is 58.1 Å². The summed E-state index contributed by atoms with van der Waals surface area (Å²) in [6, 6.07) is 10.7. The molecule has 0 spiro atoms. The van der Waals surface area contributed by atoms with Crippen LogP contribution in [0.4, 0.5) is 11.4 Å². The van der Waals surface area contributed by atoms with Crippen molar-refractivity contribution >= 4 is 34.6 Å². The molecule has 0 aliphatic rings. The lowest BCUT2D eigenvalue weighted by molar-refractivity contribution is -0.384. The van der Waals surface area contributed by atoms with E-state index in [-0.39, 0.29) is 16.5 Å². The zero-order valence-corrected chi connectivity index (χ0v) is 14.3. The van der Waals surface area contributed by atoms with E-state index in [0.717, 1.165) is 0 Å². The Labute approximate surface area is 148 Å². The number of methoxy groups -OCH3 is 2. The smallest absolute Gasteiger partial charge is 0.296 e. The monoisotopic (exact) mass is 361 g/mol. The number of anilines is 1. The van der Waals surface area contributed by atoms with E-state index in [1.54, 1.807) is 30.3 Å². The van der Waals surface area contributed by atoms with Crippen LogP contribution in [0.2, 0.25) is 0 Å². The largest absolute Gasteiger partial charge is 0.497 e. The predicted octanol–water partition coefficient (Wildman–Crippen LogP) is 2.74. The molecule has 0 saturated carbocycles. The molecule has 2 aromatic rings. The molecular formula is C16H15N3O5S. The fraction of sp³-hybridized carbons (Fsp3) is 0.125. The molecular weight excluding hydrogens is 346 g/mol. The first kappa shape index (κ1) is 18.1. The average Bonchev–Trinajstić information content (AvgIpc) is 2.61. The summed E-state index contributed by atoms with van der Waals surface area (Å²) in [7, 11) is 2.93. The number of rotatable bonds is 5. The van der Waals surface area contributed by atoms with Gasteiger partial charge in [-0.15, -0.1) is 0 Å². The van der Waals surface area contributed by atoms with Crippen molar-refractivity contribution in [2.45, 2.75) is 0 Å². The van der Waals surface area contributed by atoms with Gasteiger partial charge in [-0.05, 0) is 48.6 Å². The third-order valence-corrected chi connectivity index (χ3v) is 3.43. The third-order valence-electron chi connectivity index (χ3n) is 3.23. The van der Waals surface area contributed by atoms with Crippen LogP contribution in [0.25, 0.3) is 0 Å². The molecule has 25 heavy (non-hydrogen) atoms. The van der Waals surface area contributed by atoms with E-state index in [1.807, 2.05) is 0 Å². The van der Waals surface area contributed by atoms with Gasteiger partial charge in [0, 0.05) is 5.56 Å². The van der Waals surface area contributed by atoms with Gasteiger partial charge in [0.1, 0.15) is 17.2 Å². The van der Waals surface area contributed by atoms with Gasteiger partial charge in [-0.25, -0.2) is 0 Å². The van der Waals surface area contributed by atoms with Gasteiger partial charge in [0.15, 0.2) is 5.11 Å². The minimum Gasteiger partial charge on any atom is -0.497 e. The molecule has 1 amide bonds. The summed E-state index contributed by atoms with van der Waals surface area (Å²) in [5.74, 6) is 0.507. The number of hydrogen-bond acceptors (Lipinski definition) is 6. The molecule has 2 aromatic carbocycles. The third kappa shape index (κ3) is 4.64. The van der Waals surface area contributed by atoms with Crippen molar-refractivity contribution in [2.75, 3.05) is 19.5 Å². The molecule has 0 heterocycles. The fourth-order valence-electron chi connectivity index (χ4n) is 1.97. The molecule has 0 radical (unpaired) electrons. The average molecular weight is 361 g/mol. The number of nitrogens with one attached hydrogen (secondary N) is 2. The van der Waals surface area contributed by atoms with Gasteiger partial charge < -0.3 is 14.8 Å². The second kappa shape index (κ2) is 8.06. The van der Waals surface area contributed by atoms with Gasteiger partial charge in [0.05, 0.1) is 25.2 Å². The van der Waals surface area contributed by atoms with Crippen molar-refractivity contribution in [1.29, 1.82) is 0 Å². The standard InChI is InChI=1S/C16H15N3O5S/c1-23-11-5-3-10(4-6-11)15(20)18-16(25)17-13-8-7-12(24-2)9-14(13)19(21)22/h3-9H,1-2H3,(H2,17,18,20,25). The molecule has 130 valence electrons. The summed E-state index contributed by atoms with van der Waals surface area (Å²) in [5.41, 5.74) is 0.292. The van der Waals surface area contributed by atoms with Crippen molar-refractivity contribution in [3.63, 3.8) is 0 Å². The van der Waals surface area contributed by atoms with Crippen molar-refractivity contribution in [1.82, 2.24) is 5.32 Å². The fourth-order valence-corrected chi connectivity index (χ4v) is 2.17. The topological polar surface area (TPSA) is 103 Å². The number of thiocarbonyl (C=S) groups is 1. The molecule has 0 unspecified atom stereocenters. The molecule has 0 aliphatic heterocycles. The molecule has 0 saturated heterocycles. The SMILES string of the molecule is COc1ccc(C(=O)NC(=S)Nc2ccc(OC)cc2[N+](=O)[O-])cc1. The normalized spacial score (nSPS) is 9.84. The highest BCUT2D eigenvalue weighted by Crippen LogP contribution is 2.28. The summed E-state index contributed by atoms with van der Waals surface area (Å²) >= 11 is 5.05. The number of ether oxygens (including phenoxy) is 2. The van der Waals surface area contributed by atoms with Crippen LogP contribution in [0, 0.1) is 10.1 Å². The number of nitro groups is 1. The first-order chi connectivity index (χ1) is 11.9. The maximum Gasteiger partial charge on any atom is 0.296 e. The summed E-state index contributed by atoms with van der Waals surface area (Å²) in [6.07, 6.45) is 0. The first-order valence-electron chi connectivity index (χ1n) is 7.03. The lowest BCUT2D eigenvalue weighted by Crippen LogP contribution is -2.34. The van der Waals surface area contributed by atoms with E-state index < -0.39 is 10.8 Å². The molecule has 2 N–H and O–H groups in total. The Morgan fingerprint density at radius 3 is 2.24 bits per heavy atom. The number of carbonyl (C=O) groups is 1. The van der Waals surface area contributed by atoms with Gasteiger partial charge in [0.25, 0.3) is 11.6 Å². The van der Waals surface area contributed by atoms with Gasteiger partial charge >= 0.3 is 0 Å². The molecule has 0 bridgehead atoms. The van der Waals surface area contributed by atoms with Gasteiger partial charge in [-0.3, -0.25) is 20.2 Å². The molecule has 8 nitrogen and oxygen atoms in total. The Balaban J connectivity index is 2.09. The number of nitrogens with zero attached hydrogens (tertiary/aromatic N) is 1. The highest BCUT2D eigenvalue weighted by Gasteiger charge is 2.17. The Kier molecular flexibility index (Phi) is 5.85. The maximum absolute atomic E-state index is 12.1. The van der Waals surface area contributed by atoms with Gasteiger partial charge in [-0.1, -0.05) is 0 Å². The molecule has 2 rings (SSSR count). The van der Waals surface area contributed by atoms with E-state index >= 15 is 0 Å². The van der Waals surface area contributed by atoms with Crippen LogP contribution in [-0.4, -0.2) is 30.2 Å². The molecule has 0 atom stereocenters. The Morgan fingerprint density at radius 1 is 1.08 bits per heavy atom. The van der Waals surface area contributed by atoms with Crippen molar-refractivity contribution < 1.29 is 19.2 Å². The summed E-state index contributed by atoms with van der Waals surface area (Å²) in [6.45, 7) is 0. The molecule has 0 aromatic heterocycles. The summed E-state index contributed by atoms with van der Waals surface area (Å²) in [4.78, 5) is 22.7. The minimum absolute atomic E-state index is 0.0610. The summed E-state index contributed by atoms with van der Waals surface area (Å²) < 4.78 is 9.98. The zero-order valence-electron chi connectivity index (χ0n) is 13.4. The Morgan fingerprint density at radius 2 is 1.68 bits per heavy atom. The second-order valence-corrected chi connectivity index (χ2v) is 5.19. The lowest BCUT2D eigenvalue weighted by Gasteiger charge is -2.11. The van der Waals surface area contributed by atoms with Crippen LogP contribution < -0.4 is 20.1 Å². The minimum atomic E-state index is -0.571. The maximum atomic E-state index is 12.1. The van der Waals surface area contributed by atoms with Gasteiger partial charge in [-0.2, -0.15) is 0 Å². The van der Waals surface area contributed by atoms with E-state index in [0.29, 0.717) is 17.1 Å². The van der Waals surface area contributed by atoms with Crippen molar-refractivity contribution in [3.8, 4) is 11.5 Å². The number of amides is 1. The van der Waals surface area contributed by atoms with E-state index in [1.165, 1.54) is 26.4 Å². The molecule has 0 fully saturated rings. The zero-order chi connectivity index (χ0) is 18.4. The molecule has 0 aliphatic carbocycles. The van der Waals surface area contributed by atoms with Crippen LogP contribution in [0.3, 0.4) is 0 Å². The van der Waals surface area contributed by atoms with Gasteiger partial charge in [0.2, 0.25) is 0 Å². The lowest BCUT2D eigenvalue weighted by atomic mass is 10.2. The van der Waals surface area contributed by atoms with Crippen molar-refractivity contribution in [2.24, 2.45) is 0 Å². The quantitative estimate of drug-likeness (QED) is 0.479. The summed E-state index contributed by atoms with van der Waals surface area (Å²) in [5, 5.41) is 16.2. The van der Waals surface area contributed by atoms with E-state index in [2.05, 4.69) is 10.6 Å². The second-order valence-electron chi connectivity index (χ2n) is 4.78. The Bertz CT molecular complexity index is 808. The van der Waals surface area contributed by atoms with Crippen LogP contribution in [0.1, 0.15) is 10.4 Å². The number of nitro benzene ring substituents is 1. The number of carbonyl (C=O) groups excluding carboxylic acids is 1. The van der Waals surface area contributed by atoms with E-state index in [4.69, 9.17) is 21.7 Å². The number of benzene rings is 2. The van der Waals surface area contributed by atoms with E-state index in [9.17, 15) is 14.9 Å². The van der Waals surface area contributed by atoms with Crippen LogP contribution in [-0.2, 0) is 0 Å².